The van der Waals surface area contributed by atoms with Crippen molar-refractivity contribution in [2.24, 2.45) is 5.73 Å². The Morgan fingerprint density at radius 1 is 1.10 bits per heavy atom. The van der Waals surface area contributed by atoms with Crippen molar-refractivity contribution < 1.29 is 12.8 Å². The molecule has 0 saturated carbocycles. The summed E-state index contributed by atoms with van der Waals surface area (Å²) in [7, 11) is -2.15. The van der Waals surface area contributed by atoms with Crippen molar-refractivity contribution in [2.45, 2.75) is 12.3 Å². The average molecular weight is 308 g/mol. The lowest BCUT2D eigenvalue weighted by molar-refractivity contribution is 0.593. The molecule has 0 fully saturated rings. The average Bonchev–Trinajstić information content (AvgIpc) is 2.47. The molecule has 2 rings (SSSR count). The molecule has 4 nitrogen and oxygen atoms in total. The van der Waals surface area contributed by atoms with Crippen molar-refractivity contribution in [3.63, 3.8) is 0 Å². The summed E-state index contributed by atoms with van der Waals surface area (Å²) in [5, 5.41) is 0. The van der Waals surface area contributed by atoms with Crippen LogP contribution in [0.15, 0.2) is 48.5 Å². The van der Waals surface area contributed by atoms with E-state index in [0.717, 1.165) is 9.87 Å². The van der Waals surface area contributed by atoms with Crippen LogP contribution in [-0.4, -0.2) is 15.5 Å². The van der Waals surface area contributed by atoms with Crippen molar-refractivity contribution >= 4 is 15.7 Å². The second-order valence-electron chi connectivity index (χ2n) is 4.72. The Hall–Kier alpha value is -1.92. The Balaban J connectivity index is 2.20. The van der Waals surface area contributed by atoms with Gasteiger partial charge >= 0.3 is 0 Å². The van der Waals surface area contributed by atoms with Gasteiger partial charge in [-0.1, -0.05) is 30.3 Å². The molecule has 6 heteroatoms. The lowest BCUT2D eigenvalue weighted by Gasteiger charge is -2.19. The fraction of sp³-hybridized carbons (Fsp3) is 0.200. The highest BCUT2D eigenvalue weighted by Gasteiger charge is 2.19. The highest BCUT2D eigenvalue weighted by Crippen LogP contribution is 2.20. The third-order valence-corrected chi connectivity index (χ3v) is 4.94. The summed E-state index contributed by atoms with van der Waals surface area (Å²) in [6, 6.07) is 12.6. The van der Waals surface area contributed by atoms with E-state index in [9.17, 15) is 12.8 Å². The molecule has 112 valence electrons. The molecule has 0 aliphatic rings. The molecule has 0 atom stereocenters. The molecule has 21 heavy (non-hydrogen) atoms. The molecular formula is C15H17FN2O2S. The highest BCUT2D eigenvalue weighted by atomic mass is 32.2. The van der Waals surface area contributed by atoms with Crippen molar-refractivity contribution in [1.29, 1.82) is 0 Å². The van der Waals surface area contributed by atoms with Crippen LogP contribution in [0.5, 0.6) is 0 Å². The number of hydrogen-bond acceptors (Lipinski definition) is 3. The first-order valence-electron chi connectivity index (χ1n) is 6.42. The van der Waals surface area contributed by atoms with Gasteiger partial charge in [0.05, 0.1) is 11.4 Å². The Morgan fingerprint density at radius 2 is 1.71 bits per heavy atom. The van der Waals surface area contributed by atoms with Gasteiger partial charge in [0, 0.05) is 13.6 Å². The zero-order valence-electron chi connectivity index (χ0n) is 11.7. The van der Waals surface area contributed by atoms with E-state index in [-0.39, 0.29) is 5.75 Å². The normalized spacial score (nSPS) is 11.4. The van der Waals surface area contributed by atoms with Crippen LogP contribution in [-0.2, 0) is 22.3 Å². The zero-order chi connectivity index (χ0) is 15.5. The minimum absolute atomic E-state index is 0.148. The second kappa shape index (κ2) is 6.24. The molecule has 0 saturated heterocycles. The topological polar surface area (TPSA) is 63.4 Å². The number of rotatable bonds is 5. The fourth-order valence-corrected chi connectivity index (χ4v) is 3.15. The van der Waals surface area contributed by atoms with Gasteiger partial charge in [0.2, 0.25) is 10.0 Å². The third kappa shape index (κ3) is 3.80. The molecular weight excluding hydrogens is 291 g/mol. The highest BCUT2D eigenvalue weighted by molar-refractivity contribution is 7.92. The quantitative estimate of drug-likeness (QED) is 0.921. The van der Waals surface area contributed by atoms with Crippen LogP contribution in [0, 0.1) is 5.82 Å². The minimum Gasteiger partial charge on any atom is -0.326 e. The smallest absolute Gasteiger partial charge is 0.239 e. The summed E-state index contributed by atoms with van der Waals surface area (Å²) in [5.74, 6) is -0.618. The molecule has 0 aromatic heterocycles. The first-order valence-corrected chi connectivity index (χ1v) is 8.03. The van der Waals surface area contributed by atoms with Crippen molar-refractivity contribution in [3.8, 4) is 0 Å². The molecule has 0 amide bonds. The molecule has 2 N–H and O–H groups in total. The zero-order valence-corrected chi connectivity index (χ0v) is 12.5. The van der Waals surface area contributed by atoms with Crippen molar-refractivity contribution in [2.75, 3.05) is 11.4 Å². The largest absolute Gasteiger partial charge is 0.326 e. The molecule has 0 unspecified atom stereocenters. The third-order valence-electron chi connectivity index (χ3n) is 3.20. The molecule has 2 aromatic rings. The van der Waals surface area contributed by atoms with Crippen LogP contribution in [0.25, 0.3) is 0 Å². The first-order chi connectivity index (χ1) is 9.92. The number of hydrogen-bond donors (Lipinski definition) is 1. The Kier molecular flexibility index (Phi) is 4.59. The van der Waals surface area contributed by atoms with Crippen LogP contribution >= 0.6 is 0 Å². The molecule has 0 heterocycles. The maximum Gasteiger partial charge on any atom is 0.239 e. The van der Waals surface area contributed by atoms with E-state index >= 15 is 0 Å². The summed E-state index contributed by atoms with van der Waals surface area (Å²) >= 11 is 0. The van der Waals surface area contributed by atoms with Crippen LogP contribution < -0.4 is 10.0 Å². The summed E-state index contributed by atoms with van der Waals surface area (Å²) in [5.41, 5.74) is 7.41. The molecule has 0 bridgehead atoms. The molecule has 0 radical (unpaired) electrons. The summed E-state index contributed by atoms with van der Waals surface area (Å²) < 4.78 is 39.0. The van der Waals surface area contributed by atoms with Gasteiger partial charge in [-0.15, -0.1) is 0 Å². The number of sulfonamides is 1. The Labute approximate surface area is 124 Å². The minimum atomic E-state index is -3.57. The lowest BCUT2D eigenvalue weighted by Crippen LogP contribution is -2.27. The Morgan fingerprint density at radius 3 is 2.29 bits per heavy atom. The number of benzene rings is 2. The standard InChI is InChI=1S/C15H17FN2O2S/c1-18(15-4-2-3-14(16)9-15)21(19,20)11-13-7-5-12(10-17)6-8-13/h2-9H,10-11,17H2,1H3. The van der Waals surface area contributed by atoms with Crippen LogP contribution in [0.4, 0.5) is 10.1 Å². The van der Waals surface area contributed by atoms with E-state index in [2.05, 4.69) is 0 Å². The van der Waals surface area contributed by atoms with E-state index in [4.69, 9.17) is 5.73 Å². The van der Waals surface area contributed by atoms with Gasteiger partial charge < -0.3 is 5.73 Å². The molecule has 0 spiro atoms. The summed E-state index contributed by atoms with van der Waals surface area (Å²) in [6.07, 6.45) is 0. The van der Waals surface area contributed by atoms with E-state index in [1.807, 2.05) is 0 Å². The van der Waals surface area contributed by atoms with E-state index < -0.39 is 15.8 Å². The second-order valence-corrected chi connectivity index (χ2v) is 6.72. The Bertz CT molecular complexity index is 715. The molecule has 2 aromatic carbocycles. The van der Waals surface area contributed by atoms with Crippen LogP contribution in [0.2, 0.25) is 0 Å². The van der Waals surface area contributed by atoms with Gasteiger partial charge in [-0.25, -0.2) is 12.8 Å². The first kappa shape index (κ1) is 15.5. The maximum absolute atomic E-state index is 13.2. The van der Waals surface area contributed by atoms with Gasteiger partial charge in [0.25, 0.3) is 0 Å². The predicted molar refractivity (Wildman–Crippen MR) is 81.8 cm³/mol. The monoisotopic (exact) mass is 308 g/mol. The molecule has 0 aliphatic heterocycles. The van der Waals surface area contributed by atoms with E-state index in [1.165, 1.54) is 25.2 Å². The number of nitrogens with zero attached hydrogens (tertiary/aromatic N) is 1. The summed E-state index contributed by atoms with van der Waals surface area (Å²) in [4.78, 5) is 0. The van der Waals surface area contributed by atoms with Gasteiger partial charge in [0.15, 0.2) is 0 Å². The number of nitrogens with two attached hydrogens (primary N) is 1. The molecule has 0 aliphatic carbocycles. The van der Waals surface area contributed by atoms with Gasteiger partial charge in [-0.3, -0.25) is 4.31 Å². The van der Waals surface area contributed by atoms with Gasteiger partial charge in [0.1, 0.15) is 5.82 Å². The summed E-state index contributed by atoms with van der Waals surface area (Å²) in [6.45, 7) is 0.413. The van der Waals surface area contributed by atoms with E-state index in [0.29, 0.717) is 17.8 Å². The van der Waals surface area contributed by atoms with Gasteiger partial charge in [-0.05, 0) is 29.3 Å². The number of halogens is 1. The van der Waals surface area contributed by atoms with Crippen LogP contribution in [0.1, 0.15) is 11.1 Å². The lowest BCUT2D eigenvalue weighted by atomic mass is 10.1. The van der Waals surface area contributed by atoms with Gasteiger partial charge in [-0.2, -0.15) is 0 Å². The fourth-order valence-electron chi connectivity index (χ4n) is 1.91. The SMILES string of the molecule is CN(c1cccc(F)c1)S(=O)(=O)Cc1ccc(CN)cc1. The van der Waals surface area contributed by atoms with Crippen LogP contribution in [0.3, 0.4) is 0 Å². The predicted octanol–water partition coefficient (Wildman–Crippen LogP) is 2.25. The van der Waals surface area contributed by atoms with Crippen molar-refractivity contribution in [3.05, 3.63) is 65.5 Å². The number of anilines is 1. The van der Waals surface area contributed by atoms with E-state index in [1.54, 1.807) is 30.3 Å². The van der Waals surface area contributed by atoms with Crippen molar-refractivity contribution in [1.82, 2.24) is 0 Å². The maximum atomic E-state index is 13.2.